The molecule has 76 heavy (non-hydrogen) atoms. The van der Waals surface area contributed by atoms with E-state index in [1.54, 1.807) is 95.6 Å². The number of hydrogen-bond donors (Lipinski definition) is 4. The molecule has 4 heterocycles. The molecular weight excluding hydrogens is 1040 g/mol. The van der Waals surface area contributed by atoms with Gasteiger partial charge in [0.05, 0.1) is 27.3 Å². The molecule has 4 N–H and O–H groups in total. The minimum Gasteiger partial charge on any atom is -0.497 e. The summed E-state index contributed by atoms with van der Waals surface area (Å²) in [6.45, 7) is 7.08. The molecule has 2 unspecified atom stereocenters. The van der Waals surface area contributed by atoms with E-state index in [0.29, 0.717) is 69.3 Å². The summed E-state index contributed by atoms with van der Waals surface area (Å²) in [5, 5.41) is 13.1. The summed E-state index contributed by atoms with van der Waals surface area (Å²) in [7, 11) is -3.95. The molecule has 3 aliphatic rings. The number of amides is 2. The van der Waals surface area contributed by atoms with E-state index in [4.69, 9.17) is 9.47 Å². The smallest absolute Gasteiger partial charge is 0.252 e. The van der Waals surface area contributed by atoms with Crippen molar-refractivity contribution < 1.29 is 35.9 Å². The number of methoxy groups -OCH3 is 2. The molecule has 0 bridgehead atoms. The molecule has 7 rings (SSSR count). The Morgan fingerprint density at radius 3 is 1.47 bits per heavy atom. The van der Waals surface area contributed by atoms with Crippen LogP contribution in [0.25, 0.3) is 0 Å². The zero-order valence-corrected chi connectivity index (χ0v) is 48.9. The van der Waals surface area contributed by atoms with Gasteiger partial charge in [0.25, 0.3) is 31.9 Å². The number of benzene rings is 2. The van der Waals surface area contributed by atoms with Crippen LogP contribution in [0, 0.1) is 5.92 Å². The largest absolute Gasteiger partial charge is 0.497 e. The molecular formula is C58H88N6O8S4. The molecule has 2 aromatic heterocycles. The number of rotatable bonds is 28. The Morgan fingerprint density at radius 2 is 1.00 bits per heavy atom. The van der Waals surface area contributed by atoms with Crippen LogP contribution in [-0.4, -0.2) is 103 Å². The molecule has 1 aliphatic carbocycles. The van der Waals surface area contributed by atoms with Crippen LogP contribution in [-0.2, 0) is 33.1 Å². The Bertz CT molecular complexity index is 2560. The topological polar surface area (TPSA) is 175 Å². The molecule has 3 fully saturated rings. The second-order valence-corrected chi connectivity index (χ2v) is 27.4. The molecule has 0 radical (unpaired) electrons. The predicted molar refractivity (Wildman–Crippen MR) is 309 cm³/mol. The van der Waals surface area contributed by atoms with Crippen LogP contribution in [0.2, 0.25) is 0 Å². The van der Waals surface area contributed by atoms with Gasteiger partial charge in [-0.1, -0.05) is 109 Å². The highest BCUT2D eigenvalue weighted by Gasteiger charge is 2.31. The molecule has 4 aromatic rings. The van der Waals surface area contributed by atoms with Crippen LogP contribution in [0.1, 0.15) is 179 Å². The molecule has 14 nitrogen and oxygen atoms in total. The van der Waals surface area contributed by atoms with Crippen molar-refractivity contribution in [2.24, 2.45) is 5.92 Å². The van der Waals surface area contributed by atoms with Crippen molar-refractivity contribution in [2.75, 3.05) is 53.5 Å². The molecule has 2 amide bonds. The molecule has 2 atom stereocenters. The average Bonchev–Trinajstić information content (AvgIpc) is 4.00. The lowest BCUT2D eigenvalue weighted by Crippen LogP contribution is -2.34. The first kappa shape index (κ1) is 61.3. The average molecular weight is 1130 g/mol. The Balaban J connectivity index is 0.000000248. The van der Waals surface area contributed by atoms with E-state index in [1.807, 2.05) is 0 Å². The monoisotopic (exact) mass is 1120 g/mol. The van der Waals surface area contributed by atoms with Crippen molar-refractivity contribution in [3.63, 3.8) is 0 Å². The number of nitrogens with one attached hydrogen (secondary N) is 4. The van der Waals surface area contributed by atoms with E-state index in [0.717, 1.165) is 67.3 Å². The fraction of sp³-hybridized carbons (Fsp3) is 0.621. The minimum absolute atomic E-state index is 0.221. The molecule has 422 valence electrons. The van der Waals surface area contributed by atoms with Gasteiger partial charge in [0, 0.05) is 59.1 Å². The molecule has 1 saturated carbocycles. The van der Waals surface area contributed by atoms with Crippen molar-refractivity contribution in [3.8, 4) is 11.5 Å². The van der Waals surface area contributed by atoms with Gasteiger partial charge in [-0.05, 0) is 131 Å². The molecule has 0 spiro atoms. The quantitative estimate of drug-likeness (QED) is 0.0401. The summed E-state index contributed by atoms with van der Waals surface area (Å²) in [6.07, 6.45) is 26.9. The van der Waals surface area contributed by atoms with Gasteiger partial charge < -0.3 is 30.7 Å². The van der Waals surface area contributed by atoms with Gasteiger partial charge in [-0.2, -0.15) is 8.61 Å². The number of nitrogens with zero attached hydrogens (tertiary/aromatic N) is 2. The summed E-state index contributed by atoms with van der Waals surface area (Å²) in [6, 6.07) is 21.6. The fourth-order valence-corrected chi connectivity index (χ4v) is 16.3. The maximum absolute atomic E-state index is 13.4. The normalized spacial score (nSPS) is 18.2. The number of ether oxygens (including phenoxy) is 2. The molecule has 2 saturated heterocycles. The SMILES string of the molecule is CCCCCCCCCCCCNC1CCCN(S(=O)(=O)c2ccc(CNC(=O)c3cccc(OC)c3)s2)CC1.COc1cccc(C(=O)NCc2ccc(S(=O)(=O)N3CCCC(NCCC4CCCCC4)CC3)s2)c1. The lowest BCUT2D eigenvalue weighted by Gasteiger charge is -2.23. The maximum Gasteiger partial charge on any atom is 0.252 e. The van der Waals surface area contributed by atoms with Gasteiger partial charge in [0.2, 0.25) is 0 Å². The van der Waals surface area contributed by atoms with Crippen LogP contribution in [0.4, 0.5) is 0 Å². The van der Waals surface area contributed by atoms with Crippen LogP contribution < -0.4 is 30.7 Å². The van der Waals surface area contributed by atoms with Gasteiger partial charge in [0.15, 0.2) is 0 Å². The summed E-state index contributed by atoms with van der Waals surface area (Å²) >= 11 is 2.46. The van der Waals surface area contributed by atoms with E-state index < -0.39 is 20.0 Å². The summed E-state index contributed by atoms with van der Waals surface area (Å²) in [5.74, 6) is 1.65. The lowest BCUT2D eigenvalue weighted by atomic mass is 9.87. The maximum atomic E-state index is 13.4. The van der Waals surface area contributed by atoms with E-state index in [-0.39, 0.29) is 24.9 Å². The van der Waals surface area contributed by atoms with E-state index in [1.165, 1.54) is 125 Å². The van der Waals surface area contributed by atoms with E-state index in [9.17, 15) is 26.4 Å². The predicted octanol–water partition coefficient (Wildman–Crippen LogP) is 11.5. The van der Waals surface area contributed by atoms with Crippen molar-refractivity contribution >= 4 is 54.5 Å². The first-order valence-corrected chi connectivity index (χ1v) is 32.9. The zero-order valence-electron chi connectivity index (χ0n) is 45.7. The van der Waals surface area contributed by atoms with E-state index in [2.05, 4.69) is 28.2 Å². The van der Waals surface area contributed by atoms with Gasteiger partial charge in [-0.15, -0.1) is 22.7 Å². The summed E-state index contributed by atoms with van der Waals surface area (Å²) in [4.78, 5) is 26.6. The highest BCUT2D eigenvalue weighted by atomic mass is 32.3. The number of sulfonamides is 2. The van der Waals surface area contributed by atoms with Crippen molar-refractivity contribution in [3.05, 3.63) is 93.7 Å². The van der Waals surface area contributed by atoms with Crippen molar-refractivity contribution in [1.29, 1.82) is 0 Å². The Kier molecular flexibility index (Phi) is 26.5. The first-order valence-electron chi connectivity index (χ1n) is 28.4. The minimum atomic E-state index is -3.54. The van der Waals surface area contributed by atoms with Gasteiger partial charge in [0.1, 0.15) is 19.9 Å². The number of hydrogen-bond acceptors (Lipinski definition) is 12. The Morgan fingerprint density at radius 1 is 0.539 bits per heavy atom. The summed E-state index contributed by atoms with van der Waals surface area (Å²) < 4.78 is 67.7. The highest BCUT2D eigenvalue weighted by molar-refractivity contribution is 7.91. The van der Waals surface area contributed by atoms with Crippen LogP contribution in [0.15, 0.2) is 81.2 Å². The fourth-order valence-electron chi connectivity index (χ4n) is 10.4. The Labute approximate surface area is 464 Å². The third kappa shape index (κ3) is 20.1. The zero-order chi connectivity index (χ0) is 54.0. The van der Waals surface area contributed by atoms with Crippen LogP contribution >= 0.6 is 22.7 Å². The van der Waals surface area contributed by atoms with Crippen molar-refractivity contribution in [2.45, 2.75) is 182 Å². The van der Waals surface area contributed by atoms with E-state index >= 15 is 0 Å². The first-order chi connectivity index (χ1) is 36.9. The standard InChI is InChI=1S/C31H49N3O4S2.C27H39N3O4S2/c1-3-4-5-6-7-8-9-10-11-12-21-32-27-16-14-22-34(23-20-27)40(36,37)30-19-18-29(39-30)25-33-31(35)26-15-13-17-28(24-26)38-2;1-34-24-11-5-9-22(19-24)27(31)29-20-25-12-13-26(35-25)36(32,33)30-17-6-10-23(15-18-30)28-16-14-21-7-3-2-4-8-21/h13,15,17-19,24,27,32H,3-12,14,16,20-23,25H2,1-2H3,(H,33,35);5,9,11-13,19,21,23,28H,2-4,6-8,10,14-18,20H2,1H3,(H,29,31). The molecule has 18 heteroatoms. The van der Waals surface area contributed by atoms with Crippen LogP contribution in [0.3, 0.4) is 0 Å². The lowest BCUT2D eigenvalue weighted by molar-refractivity contribution is 0.0943. The highest BCUT2D eigenvalue weighted by Crippen LogP contribution is 2.30. The second kappa shape index (κ2) is 32.9. The Hall–Kier alpha value is -3.88. The van der Waals surface area contributed by atoms with Gasteiger partial charge in [-0.3, -0.25) is 9.59 Å². The van der Waals surface area contributed by atoms with Crippen molar-refractivity contribution in [1.82, 2.24) is 29.9 Å². The number of unbranched alkanes of at least 4 members (excludes halogenated alkanes) is 9. The second-order valence-electron chi connectivity index (χ2n) is 20.7. The number of carbonyl (C=O) groups excluding carboxylic acids is 2. The van der Waals surface area contributed by atoms with Crippen LogP contribution in [0.5, 0.6) is 11.5 Å². The third-order valence-corrected chi connectivity index (χ3v) is 21.9. The van der Waals surface area contributed by atoms with Gasteiger partial charge in [-0.25, -0.2) is 16.8 Å². The third-order valence-electron chi connectivity index (χ3n) is 15.0. The molecule has 2 aromatic carbocycles. The number of thiophene rings is 2. The summed E-state index contributed by atoms with van der Waals surface area (Å²) in [5.41, 5.74) is 1.01. The van der Waals surface area contributed by atoms with Gasteiger partial charge >= 0.3 is 0 Å². The number of carbonyl (C=O) groups is 2. The molecule has 2 aliphatic heterocycles.